The van der Waals surface area contributed by atoms with Crippen molar-refractivity contribution < 1.29 is 14.3 Å². The number of rotatable bonds is 3. The van der Waals surface area contributed by atoms with Crippen LogP contribution in [0.15, 0.2) is 12.1 Å². The molecule has 1 atom stereocenters. The first kappa shape index (κ1) is 14.6. The van der Waals surface area contributed by atoms with Gasteiger partial charge in [-0.25, -0.2) is 9.18 Å². The van der Waals surface area contributed by atoms with Crippen molar-refractivity contribution in [1.82, 2.24) is 0 Å². The van der Waals surface area contributed by atoms with Crippen LogP contribution < -0.4 is 10.6 Å². The molecular weight excluding hydrogens is 259 g/mol. The van der Waals surface area contributed by atoms with E-state index in [9.17, 15) is 14.3 Å². The number of carbonyl (C=O) groups is 1. The fourth-order valence-corrected chi connectivity index (χ4v) is 2.97. The number of benzene rings is 1. The Morgan fingerprint density at radius 3 is 2.85 bits per heavy atom. The van der Waals surface area contributed by atoms with Crippen LogP contribution in [0.3, 0.4) is 0 Å². The van der Waals surface area contributed by atoms with Crippen molar-refractivity contribution in [2.24, 2.45) is 0 Å². The Kier molecular flexibility index (Phi) is 4.47. The molecule has 1 fully saturated rings. The second-order valence-corrected chi connectivity index (χ2v) is 5.27. The maximum atomic E-state index is 13.5. The number of carboxylic acid groups (broad SMARTS) is 1. The third-order valence-electron chi connectivity index (χ3n) is 4.04. The molecule has 0 bridgehead atoms. The van der Waals surface area contributed by atoms with Gasteiger partial charge in [-0.05, 0) is 31.4 Å². The quantitative estimate of drug-likeness (QED) is 0.834. The molecule has 0 radical (unpaired) electrons. The molecule has 0 aromatic heterocycles. The Morgan fingerprint density at radius 1 is 1.45 bits per heavy atom. The average molecular weight is 280 g/mol. The number of hydrogen-bond acceptors (Lipinski definition) is 3. The van der Waals surface area contributed by atoms with E-state index in [1.165, 1.54) is 6.07 Å². The van der Waals surface area contributed by atoms with Crippen molar-refractivity contribution in [3.05, 3.63) is 23.5 Å². The predicted molar refractivity (Wildman–Crippen MR) is 77.7 cm³/mol. The third kappa shape index (κ3) is 2.71. The van der Waals surface area contributed by atoms with Crippen LogP contribution in [-0.4, -0.2) is 23.7 Å². The maximum Gasteiger partial charge on any atom is 0.340 e. The van der Waals surface area contributed by atoms with Gasteiger partial charge < -0.3 is 15.7 Å². The van der Waals surface area contributed by atoms with Crippen molar-refractivity contribution in [3.8, 4) is 0 Å². The smallest absolute Gasteiger partial charge is 0.340 e. The molecule has 20 heavy (non-hydrogen) atoms. The Balaban J connectivity index is 2.49. The Bertz CT molecular complexity index is 505. The van der Waals surface area contributed by atoms with E-state index in [0.29, 0.717) is 11.7 Å². The zero-order valence-electron chi connectivity index (χ0n) is 11.7. The largest absolute Gasteiger partial charge is 0.478 e. The fourth-order valence-electron chi connectivity index (χ4n) is 2.97. The highest BCUT2D eigenvalue weighted by Crippen LogP contribution is 2.33. The highest BCUT2D eigenvalue weighted by molar-refractivity contribution is 6.00. The second-order valence-electron chi connectivity index (χ2n) is 5.27. The number of nitrogen functional groups attached to an aromatic ring is 1. The first-order chi connectivity index (χ1) is 9.56. The van der Waals surface area contributed by atoms with E-state index in [2.05, 4.69) is 11.8 Å². The molecule has 2 rings (SSSR count). The normalized spacial score (nSPS) is 19.7. The van der Waals surface area contributed by atoms with Gasteiger partial charge in [0, 0.05) is 12.6 Å². The molecule has 1 aliphatic rings. The lowest BCUT2D eigenvalue weighted by atomic mass is 10.0. The standard InChI is InChI=1S/C15H21FN2O2/c1-2-10-6-4-3-5-9-18(10)12-8-7-11(16)14(17)13(12)15(19)20/h7-8,10H,2-6,9,17H2,1H3,(H,19,20). The maximum absolute atomic E-state index is 13.5. The molecule has 110 valence electrons. The minimum absolute atomic E-state index is 0.106. The summed E-state index contributed by atoms with van der Waals surface area (Å²) in [4.78, 5) is 13.5. The van der Waals surface area contributed by atoms with Crippen LogP contribution in [-0.2, 0) is 0 Å². The highest BCUT2D eigenvalue weighted by atomic mass is 19.1. The van der Waals surface area contributed by atoms with Crippen LogP contribution in [0.1, 0.15) is 49.4 Å². The van der Waals surface area contributed by atoms with Gasteiger partial charge in [-0.2, -0.15) is 0 Å². The first-order valence-corrected chi connectivity index (χ1v) is 7.14. The molecule has 0 saturated carbocycles. The van der Waals surface area contributed by atoms with Crippen LogP contribution in [0, 0.1) is 5.82 Å². The highest BCUT2D eigenvalue weighted by Gasteiger charge is 2.26. The zero-order chi connectivity index (χ0) is 14.7. The van der Waals surface area contributed by atoms with Gasteiger partial charge in [0.05, 0.1) is 11.4 Å². The van der Waals surface area contributed by atoms with Crippen LogP contribution in [0.5, 0.6) is 0 Å². The number of carboxylic acids is 1. The van der Waals surface area contributed by atoms with E-state index in [-0.39, 0.29) is 11.3 Å². The molecule has 1 heterocycles. The number of anilines is 2. The second kappa shape index (κ2) is 6.11. The van der Waals surface area contributed by atoms with Gasteiger partial charge in [-0.1, -0.05) is 19.8 Å². The molecule has 1 aromatic rings. The topological polar surface area (TPSA) is 66.6 Å². The summed E-state index contributed by atoms with van der Waals surface area (Å²) in [7, 11) is 0. The van der Waals surface area contributed by atoms with Gasteiger partial charge in [-0.3, -0.25) is 0 Å². The van der Waals surface area contributed by atoms with Crippen molar-refractivity contribution in [2.75, 3.05) is 17.2 Å². The lowest BCUT2D eigenvalue weighted by Crippen LogP contribution is -2.35. The van der Waals surface area contributed by atoms with Crippen molar-refractivity contribution in [2.45, 2.75) is 45.1 Å². The lowest BCUT2D eigenvalue weighted by molar-refractivity contribution is 0.0698. The van der Waals surface area contributed by atoms with Gasteiger partial charge in [0.25, 0.3) is 0 Å². The average Bonchev–Trinajstić information content (AvgIpc) is 2.66. The minimum Gasteiger partial charge on any atom is -0.478 e. The summed E-state index contributed by atoms with van der Waals surface area (Å²) in [5.41, 5.74) is 5.81. The third-order valence-corrected chi connectivity index (χ3v) is 4.04. The number of nitrogens with zero attached hydrogens (tertiary/aromatic N) is 1. The van der Waals surface area contributed by atoms with Gasteiger partial charge in [-0.15, -0.1) is 0 Å². The van der Waals surface area contributed by atoms with Crippen LogP contribution in [0.4, 0.5) is 15.8 Å². The summed E-state index contributed by atoms with van der Waals surface area (Å²) in [6, 6.07) is 3.10. The summed E-state index contributed by atoms with van der Waals surface area (Å²) in [5, 5.41) is 9.36. The van der Waals surface area contributed by atoms with Crippen LogP contribution in [0.25, 0.3) is 0 Å². The fraction of sp³-hybridized carbons (Fsp3) is 0.533. The molecule has 0 aliphatic carbocycles. The number of hydrogen-bond donors (Lipinski definition) is 2. The van der Waals surface area contributed by atoms with E-state index in [0.717, 1.165) is 38.6 Å². The van der Waals surface area contributed by atoms with Crippen molar-refractivity contribution >= 4 is 17.3 Å². The van der Waals surface area contributed by atoms with E-state index < -0.39 is 11.8 Å². The molecule has 5 heteroatoms. The Morgan fingerprint density at radius 2 is 2.20 bits per heavy atom. The van der Waals surface area contributed by atoms with E-state index in [1.54, 1.807) is 6.07 Å². The van der Waals surface area contributed by atoms with E-state index in [4.69, 9.17) is 5.73 Å². The van der Waals surface area contributed by atoms with Gasteiger partial charge >= 0.3 is 5.97 Å². The SMILES string of the molecule is CCC1CCCCCN1c1ccc(F)c(N)c1C(=O)O. The lowest BCUT2D eigenvalue weighted by Gasteiger charge is -2.32. The molecule has 3 N–H and O–H groups in total. The minimum atomic E-state index is -1.17. The number of nitrogens with two attached hydrogens (primary N) is 1. The molecule has 0 spiro atoms. The van der Waals surface area contributed by atoms with E-state index >= 15 is 0 Å². The Labute approximate surface area is 118 Å². The molecule has 1 saturated heterocycles. The number of halogens is 1. The summed E-state index contributed by atoms with van der Waals surface area (Å²) in [6.07, 6.45) is 5.29. The molecule has 0 amide bonds. The van der Waals surface area contributed by atoms with Crippen molar-refractivity contribution in [1.29, 1.82) is 0 Å². The molecule has 1 unspecified atom stereocenters. The van der Waals surface area contributed by atoms with Crippen LogP contribution >= 0.6 is 0 Å². The first-order valence-electron chi connectivity index (χ1n) is 7.14. The monoisotopic (exact) mass is 280 g/mol. The van der Waals surface area contributed by atoms with E-state index in [1.807, 2.05) is 0 Å². The van der Waals surface area contributed by atoms with Crippen molar-refractivity contribution in [3.63, 3.8) is 0 Å². The summed E-state index contributed by atoms with van der Waals surface area (Å²) >= 11 is 0. The summed E-state index contributed by atoms with van der Waals surface area (Å²) in [6.45, 7) is 2.89. The Hall–Kier alpha value is -1.78. The van der Waals surface area contributed by atoms with Crippen LogP contribution in [0.2, 0.25) is 0 Å². The van der Waals surface area contributed by atoms with Gasteiger partial charge in [0.1, 0.15) is 11.4 Å². The van der Waals surface area contributed by atoms with Gasteiger partial charge in [0.15, 0.2) is 0 Å². The molecule has 4 nitrogen and oxygen atoms in total. The predicted octanol–water partition coefficient (Wildman–Crippen LogP) is 3.27. The molecule has 1 aromatic carbocycles. The number of aromatic carboxylic acids is 1. The van der Waals surface area contributed by atoms with Gasteiger partial charge in [0.2, 0.25) is 0 Å². The zero-order valence-corrected chi connectivity index (χ0v) is 11.7. The summed E-state index contributed by atoms with van der Waals surface area (Å²) in [5.74, 6) is -1.84. The summed E-state index contributed by atoms with van der Waals surface area (Å²) < 4.78 is 13.5. The molecular formula is C15H21FN2O2. The molecule has 1 aliphatic heterocycles.